The predicted octanol–water partition coefficient (Wildman–Crippen LogP) is 2.94. The Morgan fingerprint density at radius 1 is 1.38 bits per heavy atom. The largest absolute Gasteiger partial charge is 0.342 e. The van der Waals surface area contributed by atoms with E-state index in [-0.39, 0.29) is 23.7 Å². The Morgan fingerprint density at radius 3 is 2.81 bits per heavy atom. The van der Waals surface area contributed by atoms with Gasteiger partial charge >= 0.3 is 0 Å². The second kappa shape index (κ2) is 5.31. The first-order valence-corrected chi connectivity index (χ1v) is 7.15. The minimum atomic E-state index is -0.279. The fourth-order valence-electron chi connectivity index (χ4n) is 2.77. The second-order valence-electron chi connectivity index (χ2n) is 5.70. The van der Waals surface area contributed by atoms with Crippen LogP contribution in [0, 0.1) is 5.82 Å². The van der Waals surface area contributed by atoms with Crippen LogP contribution in [0.3, 0.4) is 0 Å². The molecule has 1 fully saturated rings. The second-order valence-corrected chi connectivity index (χ2v) is 5.70. The number of aromatic amines is 1. The third-order valence-electron chi connectivity index (χ3n) is 3.93. The quantitative estimate of drug-likeness (QED) is 0.943. The van der Waals surface area contributed by atoms with Crippen molar-refractivity contribution in [3.63, 3.8) is 0 Å². The number of benzene rings is 1. The smallest absolute Gasteiger partial charge is 0.223 e. The molecule has 1 aromatic heterocycles. The van der Waals surface area contributed by atoms with Gasteiger partial charge in [0.25, 0.3) is 0 Å². The number of carbonyl (C=O) groups is 1. The van der Waals surface area contributed by atoms with E-state index >= 15 is 0 Å². The van der Waals surface area contributed by atoms with Gasteiger partial charge in [0.15, 0.2) is 0 Å². The number of nitrogens with one attached hydrogen (secondary N) is 1. The highest BCUT2D eigenvalue weighted by atomic mass is 19.1. The van der Waals surface area contributed by atoms with Gasteiger partial charge in [-0.1, -0.05) is 12.1 Å². The maximum atomic E-state index is 13.8. The number of amides is 1. The number of halogens is 1. The van der Waals surface area contributed by atoms with Crippen LogP contribution in [0.1, 0.15) is 32.0 Å². The Morgan fingerprint density at radius 2 is 2.14 bits per heavy atom. The predicted molar refractivity (Wildman–Crippen MR) is 78.2 cm³/mol. The number of rotatable bonds is 3. The van der Waals surface area contributed by atoms with Crippen molar-refractivity contribution >= 4 is 5.91 Å². The van der Waals surface area contributed by atoms with Gasteiger partial charge in [0.05, 0.1) is 11.9 Å². The molecule has 3 rings (SSSR count). The molecule has 0 radical (unpaired) electrons. The van der Waals surface area contributed by atoms with Crippen LogP contribution < -0.4 is 0 Å². The molecule has 2 aromatic rings. The fourth-order valence-corrected chi connectivity index (χ4v) is 2.77. The van der Waals surface area contributed by atoms with E-state index in [1.807, 2.05) is 18.7 Å². The fraction of sp³-hybridized carbons (Fsp3) is 0.375. The summed E-state index contributed by atoms with van der Waals surface area (Å²) < 4.78 is 13.8. The van der Waals surface area contributed by atoms with E-state index in [2.05, 4.69) is 9.97 Å². The highest BCUT2D eigenvalue weighted by Crippen LogP contribution is 2.29. The van der Waals surface area contributed by atoms with Gasteiger partial charge in [-0.2, -0.15) is 0 Å². The van der Waals surface area contributed by atoms with Gasteiger partial charge < -0.3 is 9.88 Å². The van der Waals surface area contributed by atoms with Crippen LogP contribution in [0.15, 0.2) is 30.5 Å². The molecule has 1 atom stereocenters. The normalized spacial score (nSPS) is 18.8. The Balaban J connectivity index is 1.84. The van der Waals surface area contributed by atoms with Gasteiger partial charge in [0.1, 0.15) is 11.6 Å². The zero-order valence-corrected chi connectivity index (χ0v) is 12.1. The molecular weight excluding hydrogens is 269 g/mol. The lowest BCUT2D eigenvalue weighted by Gasteiger charge is -2.20. The summed E-state index contributed by atoms with van der Waals surface area (Å²) in [5.41, 5.74) is 1.15. The molecule has 1 aromatic carbocycles. The van der Waals surface area contributed by atoms with Crippen LogP contribution in [-0.2, 0) is 4.79 Å². The maximum absolute atomic E-state index is 13.8. The summed E-state index contributed by atoms with van der Waals surface area (Å²) in [5, 5.41) is 0. The molecule has 1 aliphatic rings. The van der Waals surface area contributed by atoms with Gasteiger partial charge in [-0.15, -0.1) is 0 Å². The van der Waals surface area contributed by atoms with E-state index < -0.39 is 0 Å². The summed E-state index contributed by atoms with van der Waals surface area (Å²) in [5.74, 6) is 0.683. The number of hydrogen-bond acceptors (Lipinski definition) is 2. The standard InChI is InChI=1S/C16H18FN3O/c1-10(2)20-9-11(7-15(20)21)16-18-8-14(19-16)12-5-3-4-6-13(12)17/h3-6,8,10-11H,7,9H2,1-2H3,(H,18,19). The molecule has 0 aliphatic carbocycles. The maximum Gasteiger partial charge on any atom is 0.223 e. The molecule has 0 bridgehead atoms. The molecule has 1 N–H and O–H groups in total. The molecule has 4 nitrogen and oxygen atoms in total. The molecule has 0 saturated carbocycles. The minimum Gasteiger partial charge on any atom is -0.342 e. The molecule has 1 aliphatic heterocycles. The number of hydrogen-bond donors (Lipinski definition) is 1. The van der Waals surface area contributed by atoms with Crippen molar-refractivity contribution in [3.8, 4) is 11.3 Å². The zero-order valence-electron chi connectivity index (χ0n) is 12.1. The van der Waals surface area contributed by atoms with Crippen LogP contribution in [0.2, 0.25) is 0 Å². The van der Waals surface area contributed by atoms with Crippen LogP contribution in [0.4, 0.5) is 4.39 Å². The molecule has 0 spiro atoms. The van der Waals surface area contributed by atoms with Gasteiger partial charge in [0, 0.05) is 30.5 Å². The highest BCUT2D eigenvalue weighted by Gasteiger charge is 2.33. The Hall–Kier alpha value is -2.17. The first-order chi connectivity index (χ1) is 10.1. The Bertz CT molecular complexity index is 665. The summed E-state index contributed by atoms with van der Waals surface area (Å²) in [4.78, 5) is 21.3. The van der Waals surface area contributed by atoms with E-state index in [1.54, 1.807) is 24.4 Å². The minimum absolute atomic E-state index is 0.0559. The van der Waals surface area contributed by atoms with E-state index in [9.17, 15) is 9.18 Å². The van der Waals surface area contributed by atoms with Crippen molar-refractivity contribution in [1.29, 1.82) is 0 Å². The lowest BCUT2D eigenvalue weighted by Crippen LogP contribution is -2.31. The van der Waals surface area contributed by atoms with E-state index in [0.29, 0.717) is 24.2 Å². The number of aromatic nitrogens is 2. The van der Waals surface area contributed by atoms with Gasteiger partial charge in [-0.3, -0.25) is 4.79 Å². The molecule has 21 heavy (non-hydrogen) atoms. The summed E-state index contributed by atoms with van der Waals surface area (Å²) >= 11 is 0. The number of H-pyrrole nitrogens is 1. The van der Waals surface area contributed by atoms with Crippen LogP contribution in [0.25, 0.3) is 11.3 Å². The lowest BCUT2D eigenvalue weighted by atomic mass is 10.1. The summed E-state index contributed by atoms with van der Waals surface area (Å²) in [6, 6.07) is 6.79. The third-order valence-corrected chi connectivity index (χ3v) is 3.93. The van der Waals surface area contributed by atoms with E-state index in [4.69, 9.17) is 0 Å². The van der Waals surface area contributed by atoms with Crippen LogP contribution in [-0.4, -0.2) is 33.4 Å². The first kappa shape index (κ1) is 13.8. The number of likely N-dealkylation sites (tertiary alicyclic amines) is 1. The van der Waals surface area contributed by atoms with E-state index in [1.165, 1.54) is 6.07 Å². The molecule has 5 heteroatoms. The number of carbonyl (C=O) groups excluding carboxylic acids is 1. The van der Waals surface area contributed by atoms with E-state index in [0.717, 1.165) is 5.82 Å². The molecule has 2 heterocycles. The van der Waals surface area contributed by atoms with Crippen molar-refractivity contribution in [2.45, 2.75) is 32.2 Å². The highest BCUT2D eigenvalue weighted by molar-refractivity contribution is 5.79. The summed E-state index contributed by atoms with van der Waals surface area (Å²) in [6.07, 6.45) is 2.10. The monoisotopic (exact) mass is 287 g/mol. The topological polar surface area (TPSA) is 49.0 Å². The van der Waals surface area contributed by atoms with Crippen molar-refractivity contribution in [3.05, 3.63) is 42.1 Å². The molecule has 1 saturated heterocycles. The molecular formula is C16H18FN3O. The molecule has 110 valence electrons. The Labute approximate surface area is 123 Å². The van der Waals surface area contributed by atoms with Crippen molar-refractivity contribution in [2.75, 3.05) is 6.54 Å². The zero-order chi connectivity index (χ0) is 15.0. The third kappa shape index (κ3) is 2.55. The van der Waals surface area contributed by atoms with Crippen molar-refractivity contribution in [2.24, 2.45) is 0 Å². The average Bonchev–Trinajstić information content (AvgIpc) is 3.05. The molecule has 1 unspecified atom stereocenters. The summed E-state index contributed by atoms with van der Waals surface area (Å²) in [6.45, 7) is 4.68. The van der Waals surface area contributed by atoms with Gasteiger partial charge in [0.2, 0.25) is 5.91 Å². The van der Waals surface area contributed by atoms with Crippen molar-refractivity contribution in [1.82, 2.24) is 14.9 Å². The lowest BCUT2D eigenvalue weighted by molar-refractivity contribution is -0.129. The Kier molecular flexibility index (Phi) is 3.49. The average molecular weight is 287 g/mol. The van der Waals surface area contributed by atoms with Crippen LogP contribution in [0.5, 0.6) is 0 Å². The SMILES string of the molecule is CC(C)N1CC(c2ncc(-c3ccccc3F)[nH]2)CC1=O. The van der Waals surface area contributed by atoms with Crippen molar-refractivity contribution < 1.29 is 9.18 Å². The van der Waals surface area contributed by atoms with Crippen LogP contribution >= 0.6 is 0 Å². The van der Waals surface area contributed by atoms with Gasteiger partial charge in [-0.25, -0.2) is 9.37 Å². The number of imidazole rings is 1. The van der Waals surface area contributed by atoms with Gasteiger partial charge in [-0.05, 0) is 26.0 Å². The number of nitrogens with zero attached hydrogens (tertiary/aromatic N) is 2. The molecule has 1 amide bonds. The summed E-state index contributed by atoms with van der Waals surface area (Å²) in [7, 11) is 0. The first-order valence-electron chi connectivity index (χ1n) is 7.15.